The SMILES string of the molecule is CCCNC(C)C1CCN(S(=O)(=O)NCCC)CC1. The van der Waals surface area contributed by atoms with Crippen molar-refractivity contribution in [3.8, 4) is 0 Å². The summed E-state index contributed by atoms with van der Waals surface area (Å²) in [5, 5.41) is 3.51. The summed E-state index contributed by atoms with van der Waals surface area (Å²) in [6, 6.07) is 0.480. The van der Waals surface area contributed by atoms with Gasteiger partial charge in [0, 0.05) is 25.7 Å². The zero-order chi connectivity index (χ0) is 14.3. The number of rotatable bonds is 8. The van der Waals surface area contributed by atoms with Gasteiger partial charge in [-0.15, -0.1) is 0 Å². The summed E-state index contributed by atoms with van der Waals surface area (Å²) in [4.78, 5) is 0. The van der Waals surface area contributed by atoms with E-state index in [1.807, 2.05) is 6.92 Å². The van der Waals surface area contributed by atoms with Crippen molar-refractivity contribution in [2.75, 3.05) is 26.2 Å². The molecule has 0 radical (unpaired) electrons. The first-order valence-corrected chi connectivity index (χ1v) is 8.93. The van der Waals surface area contributed by atoms with Gasteiger partial charge in [0.05, 0.1) is 0 Å². The third-order valence-electron chi connectivity index (χ3n) is 3.80. The topological polar surface area (TPSA) is 61.4 Å². The molecule has 0 aliphatic carbocycles. The van der Waals surface area contributed by atoms with Gasteiger partial charge in [-0.05, 0) is 45.1 Å². The van der Waals surface area contributed by atoms with E-state index in [9.17, 15) is 8.42 Å². The summed E-state index contributed by atoms with van der Waals surface area (Å²) in [5.74, 6) is 0.587. The van der Waals surface area contributed by atoms with Crippen LogP contribution < -0.4 is 10.0 Å². The van der Waals surface area contributed by atoms with Gasteiger partial charge in [0.15, 0.2) is 0 Å². The van der Waals surface area contributed by atoms with E-state index in [-0.39, 0.29) is 0 Å². The van der Waals surface area contributed by atoms with Crippen molar-refractivity contribution in [1.82, 2.24) is 14.3 Å². The Morgan fingerprint density at radius 2 is 1.74 bits per heavy atom. The number of nitrogens with one attached hydrogen (secondary N) is 2. The highest BCUT2D eigenvalue weighted by Gasteiger charge is 2.29. The summed E-state index contributed by atoms with van der Waals surface area (Å²) in [5.41, 5.74) is 0. The minimum absolute atomic E-state index is 0.480. The Morgan fingerprint density at radius 3 is 2.26 bits per heavy atom. The molecule has 2 N–H and O–H groups in total. The Morgan fingerprint density at radius 1 is 1.16 bits per heavy atom. The predicted molar refractivity (Wildman–Crippen MR) is 79.3 cm³/mol. The number of hydrogen-bond acceptors (Lipinski definition) is 3. The fraction of sp³-hybridized carbons (Fsp3) is 1.00. The molecule has 1 aliphatic rings. The summed E-state index contributed by atoms with van der Waals surface area (Å²) < 4.78 is 28.2. The highest BCUT2D eigenvalue weighted by Crippen LogP contribution is 2.22. The van der Waals surface area contributed by atoms with Crippen molar-refractivity contribution < 1.29 is 8.42 Å². The Hall–Kier alpha value is -0.170. The van der Waals surface area contributed by atoms with Crippen LogP contribution in [0.4, 0.5) is 0 Å². The van der Waals surface area contributed by atoms with Gasteiger partial charge in [0.25, 0.3) is 10.2 Å². The standard InChI is InChI=1S/C13H29N3O2S/c1-4-8-14-12(3)13-6-10-16(11-7-13)19(17,18)15-9-5-2/h12-15H,4-11H2,1-3H3. The lowest BCUT2D eigenvalue weighted by Gasteiger charge is -2.34. The van der Waals surface area contributed by atoms with Gasteiger partial charge in [-0.2, -0.15) is 12.7 Å². The molecule has 0 aromatic heterocycles. The van der Waals surface area contributed by atoms with E-state index in [1.165, 1.54) is 0 Å². The molecule has 1 aliphatic heterocycles. The van der Waals surface area contributed by atoms with E-state index in [2.05, 4.69) is 23.9 Å². The van der Waals surface area contributed by atoms with Crippen molar-refractivity contribution in [3.63, 3.8) is 0 Å². The third kappa shape index (κ3) is 5.38. The highest BCUT2D eigenvalue weighted by molar-refractivity contribution is 7.87. The maximum atomic E-state index is 12.0. The summed E-state index contributed by atoms with van der Waals surface area (Å²) in [6.45, 7) is 9.18. The summed E-state index contributed by atoms with van der Waals surface area (Å²) in [7, 11) is -3.25. The summed E-state index contributed by atoms with van der Waals surface area (Å²) >= 11 is 0. The van der Waals surface area contributed by atoms with E-state index in [4.69, 9.17) is 0 Å². The molecule has 1 fully saturated rings. The second kappa shape index (κ2) is 8.19. The minimum Gasteiger partial charge on any atom is -0.314 e. The van der Waals surface area contributed by atoms with Crippen LogP contribution in [-0.2, 0) is 10.2 Å². The molecule has 1 atom stereocenters. The van der Waals surface area contributed by atoms with Crippen LogP contribution in [0.1, 0.15) is 46.5 Å². The molecule has 1 rings (SSSR count). The van der Waals surface area contributed by atoms with Crippen molar-refractivity contribution in [2.24, 2.45) is 5.92 Å². The molecule has 19 heavy (non-hydrogen) atoms. The molecule has 0 saturated carbocycles. The molecule has 1 heterocycles. The summed E-state index contributed by atoms with van der Waals surface area (Å²) in [6.07, 6.45) is 3.86. The second-order valence-electron chi connectivity index (χ2n) is 5.38. The van der Waals surface area contributed by atoms with Gasteiger partial charge in [-0.25, -0.2) is 4.72 Å². The first-order chi connectivity index (χ1) is 9.01. The van der Waals surface area contributed by atoms with Crippen LogP contribution in [0, 0.1) is 5.92 Å². The van der Waals surface area contributed by atoms with E-state index in [0.29, 0.717) is 31.6 Å². The van der Waals surface area contributed by atoms with Crippen molar-refractivity contribution in [3.05, 3.63) is 0 Å². The van der Waals surface area contributed by atoms with Gasteiger partial charge in [-0.3, -0.25) is 0 Å². The second-order valence-corrected chi connectivity index (χ2v) is 7.13. The van der Waals surface area contributed by atoms with E-state index in [0.717, 1.165) is 32.2 Å². The molecule has 1 unspecified atom stereocenters. The molecule has 0 amide bonds. The van der Waals surface area contributed by atoms with E-state index < -0.39 is 10.2 Å². The molecule has 6 heteroatoms. The van der Waals surface area contributed by atoms with Gasteiger partial charge in [0.1, 0.15) is 0 Å². The maximum Gasteiger partial charge on any atom is 0.279 e. The first-order valence-electron chi connectivity index (χ1n) is 7.49. The number of nitrogens with zero attached hydrogens (tertiary/aromatic N) is 1. The third-order valence-corrected chi connectivity index (χ3v) is 5.41. The Balaban J connectivity index is 2.40. The molecular formula is C13H29N3O2S. The fourth-order valence-corrected chi connectivity index (χ4v) is 3.81. The van der Waals surface area contributed by atoms with Gasteiger partial charge in [0.2, 0.25) is 0 Å². The minimum atomic E-state index is -3.25. The van der Waals surface area contributed by atoms with Gasteiger partial charge in [-0.1, -0.05) is 13.8 Å². The molecular weight excluding hydrogens is 262 g/mol. The lowest BCUT2D eigenvalue weighted by Crippen LogP contribution is -2.48. The van der Waals surface area contributed by atoms with Crippen LogP contribution in [0.3, 0.4) is 0 Å². The van der Waals surface area contributed by atoms with E-state index in [1.54, 1.807) is 4.31 Å². The number of piperidine rings is 1. The Bertz CT molecular complexity index is 338. The average molecular weight is 291 g/mol. The Kier molecular flexibility index (Phi) is 7.28. The monoisotopic (exact) mass is 291 g/mol. The molecule has 0 aromatic carbocycles. The van der Waals surface area contributed by atoms with E-state index >= 15 is 0 Å². The zero-order valence-corrected chi connectivity index (χ0v) is 13.3. The molecule has 5 nitrogen and oxygen atoms in total. The van der Waals surface area contributed by atoms with Crippen LogP contribution in [0.2, 0.25) is 0 Å². The highest BCUT2D eigenvalue weighted by atomic mass is 32.2. The molecule has 0 bridgehead atoms. The molecule has 1 saturated heterocycles. The van der Waals surface area contributed by atoms with Crippen LogP contribution in [-0.4, -0.2) is 44.9 Å². The van der Waals surface area contributed by atoms with Crippen molar-refractivity contribution in [1.29, 1.82) is 0 Å². The van der Waals surface area contributed by atoms with Crippen LogP contribution in [0.15, 0.2) is 0 Å². The van der Waals surface area contributed by atoms with Crippen LogP contribution in [0.5, 0.6) is 0 Å². The lowest BCUT2D eigenvalue weighted by molar-refractivity contribution is 0.230. The number of hydrogen-bond donors (Lipinski definition) is 2. The fourth-order valence-electron chi connectivity index (χ4n) is 2.48. The molecule has 0 spiro atoms. The molecule has 114 valence electrons. The average Bonchev–Trinajstić information content (AvgIpc) is 2.42. The quantitative estimate of drug-likeness (QED) is 0.709. The first kappa shape index (κ1) is 16.9. The maximum absolute atomic E-state index is 12.0. The lowest BCUT2D eigenvalue weighted by atomic mass is 9.91. The Labute approximate surface area is 118 Å². The molecule has 0 aromatic rings. The smallest absolute Gasteiger partial charge is 0.279 e. The van der Waals surface area contributed by atoms with Crippen molar-refractivity contribution >= 4 is 10.2 Å². The normalized spacial score (nSPS) is 20.6. The zero-order valence-electron chi connectivity index (χ0n) is 12.5. The predicted octanol–water partition coefficient (Wildman–Crippen LogP) is 1.33. The van der Waals surface area contributed by atoms with Crippen molar-refractivity contribution in [2.45, 2.75) is 52.5 Å². The van der Waals surface area contributed by atoms with Gasteiger partial charge < -0.3 is 5.32 Å². The van der Waals surface area contributed by atoms with Crippen LogP contribution in [0.25, 0.3) is 0 Å². The van der Waals surface area contributed by atoms with Gasteiger partial charge >= 0.3 is 0 Å². The van der Waals surface area contributed by atoms with Crippen LogP contribution >= 0.6 is 0 Å². The largest absolute Gasteiger partial charge is 0.314 e.